The largest absolute Gasteiger partial charge is 0.486 e. The maximum Gasteiger partial charge on any atom is 0.252 e. The highest BCUT2D eigenvalue weighted by atomic mass is 32.2. The van der Waals surface area contributed by atoms with Crippen molar-refractivity contribution in [2.45, 2.75) is 17.4 Å². The number of hydrazine groups is 1. The molecule has 0 aliphatic carbocycles. The Bertz CT molecular complexity index is 709. The van der Waals surface area contributed by atoms with Crippen LogP contribution < -0.4 is 19.6 Å². The first-order valence-electron chi connectivity index (χ1n) is 7.72. The normalized spacial score (nSPS) is 15.0. The van der Waals surface area contributed by atoms with Crippen LogP contribution in [0.3, 0.4) is 0 Å². The highest BCUT2D eigenvalue weighted by molar-refractivity contribution is 7.98. The van der Waals surface area contributed by atoms with Gasteiger partial charge >= 0.3 is 0 Å². The van der Waals surface area contributed by atoms with Gasteiger partial charge in [0.2, 0.25) is 10.0 Å². The molecule has 0 fully saturated rings. The lowest BCUT2D eigenvalue weighted by Crippen LogP contribution is -2.50. The van der Waals surface area contributed by atoms with E-state index in [1.54, 1.807) is 31.9 Å². The van der Waals surface area contributed by atoms with Crippen LogP contribution in [0.4, 0.5) is 0 Å². The number of carbonyl (C=O) groups excluding carboxylic acids is 1. The lowest BCUT2D eigenvalue weighted by Gasteiger charge is -2.22. The van der Waals surface area contributed by atoms with Gasteiger partial charge in [0.05, 0.1) is 4.90 Å². The molecule has 2 N–H and O–H groups in total. The molecule has 1 atom stereocenters. The summed E-state index contributed by atoms with van der Waals surface area (Å²) in [6.45, 7) is 0.796. The van der Waals surface area contributed by atoms with Gasteiger partial charge in [-0.3, -0.25) is 10.2 Å². The van der Waals surface area contributed by atoms with Gasteiger partial charge in [0, 0.05) is 20.2 Å². The summed E-state index contributed by atoms with van der Waals surface area (Å²) in [5.41, 5.74) is 2.59. The predicted octanol–water partition coefficient (Wildman–Crippen LogP) is 0.451. The molecule has 0 spiro atoms. The van der Waals surface area contributed by atoms with E-state index in [0.29, 0.717) is 36.9 Å². The van der Waals surface area contributed by atoms with Crippen LogP contribution in [0.25, 0.3) is 0 Å². The van der Waals surface area contributed by atoms with Gasteiger partial charge in [-0.25, -0.2) is 13.4 Å². The highest BCUT2D eigenvalue weighted by Crippen LogP contribution is 2.32. The third-order valence-corrected chi connectivity index (χ3v) is 5.50. The zero-order valence-electron chi connectivity index (χ0n) is 14.4. The number of hydrogen-bond donors (Lipinski definition) is 2. The molecular weight excluding hydrogens is 366 g/mol. The predicted molar refractivity (Wildman–Crippen MR) is 96.4 cm³/mol. The summed E-state index contributed by atoms with van der Waals surface area (Å²) in [5, 5.41) is 1.48. The fraction of sp³-hybridized carbons (Fsp3) is 0.533. The van der Waals surface area contributed by atoms with Crippen LogP contribution in [0.15, 0.2) is 23.1 Å². The summed E-state index contributed by atoms with van der Waals surface area (Å²) in [4.78, 5) is 12.3. The molecule has 10 heteroatoms. The molecule has 1 aliphatic heterocycles. The van der Waals surface area contributed by atoms with E-state index in [2.05, 4.69) is 10.1 Å². The van der Waals surface area contributed by atoms with Crippen molar-refractivity contribution >= 4 is 27.7 Å². The Hall–Kier alpha value is -1.49. The zero-order valence-corrected chi connectivity index (χ0v) is 16.1. The van der Waals surface area contributed by atoms with Gasteiger partial charge in [0.15, 0.2) is 11.5 Å². The van der Waals surface area contributed by atoms with Crippen LogP contribution >= 0.6 is 11.8 Å². The monoisotopic (exact) mass is 389 g/mol. The van der Waals surface area contributed by atoms with Crippen LogP contribution in [0, 0.1) is 0 Å². The quantitative estimate of drug-likeness (QED) is 0.623. The Kier molecular flexibility index (Phi) is 6.94. The van der Waals surface area contributed by atoms with Crippen LogP contribution in [-0.2, 0) is 14.8 Å². The van der Waals surface area contributed by atoms with E-state index >= 15 is 0 Å². The zero-order chi connectivity index (χ0) is 18.4. The first kappa shape index (κ1) is 19.8. The standard InChI is InChI=1S/C15H23N3O5S2/c1-18(2)16-15(19)12(6-9-24-3)17-25(20,21)11-4-5-13-14(10-11)23-8-7-22-13/h4-5,10,12,17H,6-9H2,1-3H3,(H,16,19)/t12-/m0/s1. The number of benzene rings is 1. The molecule has 8 nitrogen and oxygen atoms in total. The minimum Gasteiger partial charge on any atom is -0.486 e. The molecule has 0 aromatic heterocycles. The van der Waals surface area contributed by atoms with Gasteiger partial charge in [-0.05, 0) is 30.6 Å². The second-order valence-corrected chi connectivity index (χ2v) is 8.33. The summed E-state index contributed by atoms with van der Waals surface area (Å²) in [6, 6.07) is 3.53. The fourth-order valence-corrected chi connectivity index (χ4v) is 3.94. The molecule has 140 valence electrons. The SMILES string of the molecule is CSCC[C@H](NS(=O)(=O)c1ccc2c(c1)OCCO2)C(=O)NN(C)C. The van der Waals surface area contributed by atoms with E-state index in [-0.39, 0.29) is 4.90 Å². The summed E-state index contributed by atoms with van der Waals surface area (Å²) in [5.74, 6) is 1.14. The minimum absolute atomic E-state index is 0.0311. The van der Waals surface area contributed by atoms with Crippen LogP contribution in [-0.4, -0.2) is 64.7 Å². The molecule has 0 radical (unpaired) electrons. The average Bonchev–Trinajstić information content (AvgIpc) is 2.57. The maximum atomic E-state index is 12.7. The Balaban J connectivity index is 2.19. The number of hydrogen-bond acceptors (Lipinski definition) is 7. The summed E-state index contributed by atoms with van der Waals surface area (Å²) < 4.78 is 38.6. The number of sulfonamides is 1. The van der Waals surface area contributed by atoms with Crippen molar-refractivity contribution in [2.24, 2.45) is 0 Å². The molecule has 1 heterocycles. The Morgan fingerprint density at radius 1 is 1.28 bits per heavy atom. The summed E-state index contributed by atoms with van der Waals surface area (Å²) in [7, 11) is -0.547. The maximum absolute atomic E-state index is 12.7. The highest BCUT2D eigenvalue weighted by Gasteiger charge is 2.27. The van der Waals surface area contributed by atoms with Crippen LogP contribution in [0.1, 0.15) is 6.42 Å². The molecule has 0 unspecified atom stereocenters. The van der Waals surface area contributed by atoms with Crippen molar-refractivity contribution in [3.8, 4) is 11.5 Å². The number of amides is 1. The van der Waals surface area contributed by atoms with E-state index in [9.17, 15) is 13.2 Å². The third kappa shape index (κ3) is 5.50. The van der Waals surface area contributed by atoms with Crippen molar-refractivity contribution in [3.05, 3.63) is 18.2 Å². The van der Waals surface area contributed by atoms with Crippen molar-refractivity contribution in [2.75, 3.05) is 39.3 Å². The lowest BCUT2D eigenvalue weighted by molar-refractivity contribution is -0.126. The fourth-order valence-electron chi connectivity index (χ4n) is 2.22. The van der Waals surface area contributed by atoms with E-state index in [4.69, 9.17) is 9.47 Å². The number of ether oxygens (including phenoxy) is 2. The summed E-state index contributed by atoms with van der Waals surface area (Å²) in [6.07, 6.45) is 2.28. The Morgan fingerprint density at radius 3 is 2.60 bits per heavy atom. The van der Waals surface area contributed by atoms with Crippen molar-refractivity contribution in [1.29, 1.82) is 0 Å². The van der Waals surface area contributed by atoms with Gasteiger partial charge < -0.3 is 9.47 Å². The number of rotatable bonds is 8. The topological polar surface area (TPSA) is 97.0 Å². The molecule has 0 bridgehead atoms. The Morgan fingerprint density at radius 2 is 1.96 bits per heavy atom. The molecule has 1 amide bonds. The molecule has 2 rings (SSSR count). The van der Waals surface area contributed by atoms with Gasteiger partial charge in [-0.15, -0.1) is 0 Å². The summed E-state index contributed by atoms with van der Waals surface area (Å²) >= 11 is 1.54. The van der Waals surface area contributed by atoms with Crippen molar-refractivity contribution in [1.82, 2.24) is 15.2 Å². The Labute approximate surface area is 152 Å². The minimum atomic E-state index is -3.88. The molecule has 1 aromatic rings. The molecular formula is C15H23N3O5S2. The van der Waals surface area contributed by atoms with E-state index in [1.165, 1.54) is 17.1 Å². The smallest absolute Gasteiger partial charge is 0.252 e. The first-order chi connectivity index (χ1) is 11.8. The van der Waals surface area contributed by atoms with Gasteiger partial charge in [0.25, 0.3) is 5.91 Å². The number of fused-ring (bicyclic) bond motifs is 1. The van der Waals surface area contributed by atoms with E-state index < -0.39 is 22.0 Å². The second-order valence-electron chi connectivity index (χ2n) is 5.63. The molecule has 1 aliphatic rings. The lowest BCUT2D eigenvalue weighted by atomic mass is 10.2. The number of nitrogens with one attached hydrogen (secondary N) is 2. The van der Waals surface area contributed by atoms with Crippen molar-refractivity contribution in [3.63, 3.8) is 0 Å². The van der Waals surface area contributed by atoms with Crippen LogP contribution in [0.2, 0.25) is 0 Å². The van der Waals surface area contributed by atoms with E-state index in [0.717, 1.165) is 0 Å². The first-order valence-corrected chi connectivity index (χ1v) is 10.6. The van der Waals surface area contributed by atoms with Gasteiger partial charge in [-0.2, -0.15) is 16.5 Å². The molecule has 0 saturated heterocycles. The third-order valence-electron chi connectivity index (χ3n) is 3.38. The van der Waals surface area contributed by atoms with E-state index in [1.807, 2.05) is 6.26 Å². The number of nitrogens with zero attached hydrogens (tertiary/aromatic N) is 1. The van der Waals surface area contributed by atoms with Gasteiger partial charge in [0.1, 0.15) is 19.3 Å². The average molecular weight is 389 g/mol. The molecule has 25 heavy (non-hydrogen) atoms. The van der Waals surface area contributed by atoms with Crippen molar-refractivity contribution < 1.29 is 22.7 Å². The number of thioether (sulfide) groups is 1. The second kappa shape index (κ2) is 8.75. The molecule has 1 aromatic carbocycles. The van der Waals surface area contributed by atoms with Crippen LogP contribution in [0.5, 0.6) is 11.5 Å². The van der Waals surface area contributed by atoms with Gasteiger partial charge in [-0.1, -0.05) is 0 Å². The molecule has 0 saturated carbocycles. The number of carbonyl (C=O) groups is 1.